The SMILES string of the molecule is CCC[CH2][Sn]1([CH2]CCC)[S]CC(c2ccccc2)[S]1. The Morgan fingerprint density at radius 2 is 1.68 bits per heavy atom. The van der Waals surface area contributed by atoms with Crippen molar-refractivity contribution in [3.05, 3.63) is 35.9 Å². The number of rotatable bonds is 7. The van der Waals surface area contributed by atoms with Crippen LogP contribution in [0.4, 0.5) is 0 Å². The predicted molar refractivity (Wildman–Crippen MR) is 94.4 cm³/mol. The molecule has 19 heavy (non-hydrogen) atoms. The molecule has 3 heteroatoms. The van der Waals surface area contributed by atoms with E-state index >= 15 is 0 Å². The fraction of sp³-hybridized carbons (Fsp3) is 0.625. The maximum atomic E-state index is 2.46. The van der Waals surface area contributed by atoms with Crippen LogP contribution in [-0.4, -0.2) is 21.4 Å². The Hall–Kier alpha value is 0.719. The molecular weight excluding hydrogens is 375 g/mol. The van der Waals surface area contributed by atoms with Gasteiger partial charge in [0.05, 0.1) is 0 Å². The summed E-state index contributed by atoms with van der Waals surface area (Å²) >= 11 is -1.90. The molecule has 1 aliphatic rings. The van der Waals surface area contributed by atoms with Crippen molar-refractivity contribution in [2.45, 2.75) is 53.7 Å². The van der Waals surface area contributed by atoms with Gasteiger partial charge in [0, 0.05) is 0 Å². The van der Waals surface area contributed by atoms with E-state index in [4.69, 9.17) is 0 Å². The van der Waals surface area contributed by atoms with Crippen molar-refractivity contribution in [3.8, 4) is 0 Å². The van der Waals surface area contributed by atoms with E-state index in [1.807, 2.05) is 0 Å². The van der Waals surface area contributed by atoms with Crippen molar-refractivity contribution in [3.63, 3.8) is 0 Å². The topological polar surface area (TPSA) is 0 Å². The second kappa shape index (κ2) is 8.23. The molecule has 1 atom stereocenters. The van der Waals surface area contributed by atoms with E-state index in [-0.39, 0.29) is 0 Å². The molecule has 0 aliphatic carbocycles. The second-order valence-corrected chi connectivity index (χ2v) is 31.6. The molecule has 1 fully saturated rings. The average molecular weight is 401 g/mol. The van der Waals surface area contributed by atoms with Gasteiger partial charge in [0.15, 0.2) is 0 Å². The summed E-state index contributed by atoms with van der Waals surface area (Å²) in [5.74, 6) is 1.39. The van der Waals surface area contributed by atoms with Crippen molar-refractivity contribution in [2.75, 3.05) is 5.75 Å². The van der Waals surface area contributed by atoms with Crippen molar-refractivity contribution in [1.29, 1.82) is 0 Å². The summed E-state index contributed by atoms with van der Waals surface area (Å²) in [4.78, 5) is 0. The summed E-state index contributed by atoms with van der Waals surface area (Å²) in [6.45, 7) is 4.69. The summed E-state index contributed by atoms with van der Waals surface area (Å²) in [5.41, 5.74) is 1.58. The van der Waals surface area contributed by atoms with Gasteiger partial charge in [0.2, 0.25) is 0 Å². The van der Waals surface area contributed by atoms with Gasteiger partial charge in [-0.2, -0.15) is 0 Å². The summed E-state index contributed by atoms with van der Waals surface area (Å²) in [6.07, 6.45) is 5.70. The molecule has 0 N–H and O–H groups in total. The van der Waals surface area contributed by atoms with Gasteiger partial charge >= 0.3 is 129 Å². The van der Waals surface area contributed by atoms with E-state index < -0.39 is 15.6 Å². The summed E-state index contributed by atoms with van der Waals surface area (Å²) in [7, 11) is 4.91. The first-order valence-electron chi connectivity index (χ1n) is 7.66. The van der Waals surface area contributed by atoms with Crippen molar-refractivity contribution in [2.24, 2.45) is 0 Å². The number of benzene rings is 1. The standard InChI is InChI=1S/C8H10S2.2C4H9.Sn/c9-6-8(10)7-4-2-1-3-5-7;2*1-3-4-2;/h1-5,8-10H,6H2;2*1,3-4H2,2H3;/q;;;+2/p-2. The van der Waals surface area contributed by atoms with Crippen LogP contribution in [0.25, 0.3) is 0 Å². The number of hydrogen-bond donors (Lipinski definition) is 0. The third-order valence-electron chi connectivity index (χ3n) is 3.85. The number of hydrogen-bond acceptors (Lipinski definition) is 2. The minimum atomic E-state index is -1.90. The molecular formula is C16H26S2Sn. The third kappa shape index (κ3) is 4.60. The molecule has 0 radical (unpaired) electrons. The Labute approximate surface area is 128 Å². The van der Waals surface area contributed by atoms with Crippen LogP contribution >= 0.6 is 17.9 Å². The average Bonchev–Trinajstić information content (AvgIpc) is 2.89. The van der Waals surface area contributed by atoms with Gasteiger partial charge < -0.3 is 0 Å². The molecule has 0 spiro atoms. The first-order chi connectivity index (χ1) is 9.29. The van der Waals surface area contributed by atoms with E-state index in [1.165, 1.54) is 31.4 Å². The summed E-state index contributed by atoms with van der Waals surface area (Å²) in [5, 5.41) is 0.802. The van der Waals surface area contributed by atoms with Crippen LogP contribution in [0.15, 0.2) is 30.3 Å². The number of unbranched alkanes of at least 4 members (excludes halogenated alkanes) is 2. The molecule has 1 unspecified atom stereocenters. The van der Waals surface area contributed by atoms with Gasteiger partial charge in [-0.05, 0) is 0 Å². The monoisotopic (exact) mass is 402 g/mol. The fourth-order valence-corrected chi connectivity index (χ4v) is 37.4. The van der Waals surface area contributed by atoms with Gasteiger partial charge in [-0.15, -0.1) is 0 Å². The Balaban J connectivity index is 2.01. The van der Waals surface area contributed by atoms with Crippen LogP contribution in [0.5, 0.6) is 0 Å². The first-order valence-corrected chi connectivity index (χ1v) is 20.6. The zero-order chi connectivity index (χ0) is 13.6. The second-order valence-electron chi connectivity index (χ2n) is 5.45. The summed E-state index contributed by atoms with van der Waals surface area (Å²) in [6, 6.07) is 11.2. The molecule has 0 amide bonds. The van der Waals surface area contributed by atoms with Gasteiger partial charge in [0.25, 0.3) is 0 Å². The van der Waals surface area contributed by atoms with Gasteiger partial charge in [-0.1, -0.05) is 0 Å². The van der Waals surface area contributed by atoms with Crippen LogP contribution in [0.3, 0.4) is 0 Å². The van der Waals surface area contributed by atoms with Crippen LogP contribution in [0.1, 0.15) is 50.3 Å². The van der Waals surface area contributed by atoms with E-state index in [9.17, 15) is 0 Å². The van der Waals surface area contributed by atoms with Crippen molar-refractivity contribution < 1.29 is 0 Å². The molecule has 1 aliphatic heterocycles. The molecule has 0 bridgehead atoms. The summed E-state index contributed by atoms with van der Waals surface area (Å²) < 4.78 is 3.20. The molecule has 2 rings (SSSR count). The van der Waals surface area contributed by atoms with Crippen LogP contribution in [-0.2, 0) is 0 Å². The molecule has 1 aromatic rings. The molecule has 1 aromatic carbocycles. The van der Waals surface area contributed by atoms with E-state index in [0.29, 0.717) is 0 Å². The van der Waals surface area contributed by atoms with Gasteiger partial charge in [-0.25, -0.2) is 0 Å². The Morgan fingerprint density at radius 3 is 2.26 bits per heavy atom. The van der Waals surface area contributed by atoms with Gasteiger partial charge in [0.1, 0.15) is 0 Å². The fourth-order valence-electron chi connectivity index (χ4n) is 2.67. The Morgan fingerprint density at radius 1 is 1.05 bits per heavy atom. The maximum absolute atomic E-state index is 2.46. The van der Waals surface area contributed by atoms with Gasteiger partial charge in [-0.3, -0.25) is 0 Å². The van der Waals surface area contributed by atoms with E-state index in [2.05, 4.69) is 62.1 Å². The third-order valence-corrected chi connectivity index (χ3v) is 34.4. The predicted octanol–water partition coefficient (Wildman–Crippen LogP) is 6.25. The van der Waals surface area contributed by atoms with E-state index in [1.54, 1.807) is 14.4 Å². The van der Waals surface area contributed by atoms with Crippen LogP contribution < -0.4 is 0 Å². The van der Waals surface area contributed by atoms with Crippen LogP contribution in [0, 0.1) is 0 Å². The minimum absolute atomic E-state index is 0.802. The zero-order valence-electron chi connectivity index (χ0n) is 12.2. The molecule has 0 nitrogen and oxygen atoms in total. The molecule has 1 saturated heterocycles. The molecule has 0 saturated carbocycles. The van der Waals surface area contributed by atoms with Crippen LogP contribution in [0.2, 0.25) is 8.87 Å². The van der Waals surface area contributed by atoms with E-state index in [0.717, 1.165) is 5.25 Å². The van der Waals surface area contributed by atoms with Crippen molar-refractivity contribution in [1.82, 2.24) is 0 Å². The Bertz CT molecular complexity index is 358. The zero-order valence-corrected chi connectivity index (χ0v) is 16.7. The Kier molecular flexibility index (Phi) is 6.97. The van der Waals surface area contributed by atoms with Crippen molar-refractivity contribution >= 4 is 33.5 Å². The normalized spacial score (nSPS) is 21.7. The molecule has 1 heterocycles. The quantitative estimate of drug-likeness (QED) is 0.496. The molecule has 0 aromatic heterocycles. The molecule has 106 valence electrons. The first kappa shape index (κ1) is 16.1.